The summed E-state index contributed by atoms with van der Waals surface area (Å²) in [5.41, 5.74) is 2.11. The van der Waals surface area contributed by atoms with Gasteiger partial charge >= 0.3 is 5.97 Å². The highest BCUT2D eigenvalue weighted by molar-refractivity contribution is 7.07. The summed E-state index contributed by atoms with van der Waals surface area (Å²) in [5.74, 6) is 1.30. The summed E-state index contributed by atoms with van der Waals surface area (Å²) >= 11 is 1.28. The van der Waals surface area contributed by atoms with Crippen LogP contribution in [0.15, 0.2) is 63.5 Å². The number of thiazole rings is 1. The summed E-state index contributed by atoms with van der Waals surface area (Å²) in [5, 5.41) is 0. The normalized spacial score (nSPS) is 15.2. The molecule has 2 heterocycles. The van der Waals surface area contributed by atoms with Crippen LogP contribution in [0.5, 0.6) is 17.2 Å². The average molecular weight is 523 g/mol. The number of esters is 1. The van der Waals surface area contributed by atoms with Crippen molar-refractivity contribution in [2.24, 2.45) is 4.99 Å². The number of carbonyl (C=O) groups excluding carboxylic acids is 1. The Hall–Kier alpha value is -3.85. The van der Waals surface area contributed by atoms with Crippen LogP contribution < -0.4 is 29.1 Å². The molecule has 0 amide bonds. The SMILES string of the molecule is CCCOc1ccc(/C=c2\sc3n(c2=O)[C@@H](c2ccc(OC)c(OC)c2)C(C(=O)OCC)=C(C)N=3)cc1. The number of fused-ring (bicyclic) bond motifs is 1. The molecule has 0 aliphatic carbocycles. The van der Waals surface area contributed by atoms with Gasteiger partial charge in [-0.25, -0.2) is 9.79 Å². The summed E-state index contributed by atoms with van der Waals surface area (Å²) < 4.78 is 23.9. The van der Waals surface area contributed by atoms with Gasteiger partial charge in [0, 0.05) is 0 Å². The Morgan fingerprint density at radius 2 is 1.81 bits per heavy atom. The fourth-order valence-electron chi connectivity index (χ4n) is 4.16. The molecular formula is C28H30N2O6S. The fraction of sp³-hybridized carbons (Fsp3) is 0.321. The monoisotopic (exact) mass is 522 g/mol. The van der Waals surface area contributed by atoms with Gasteiger partial charge in [-0.15, -0.1) is 0 Å². The van der Waals surface area contributed by atoms with Crippen LogP contribution in [-0.4, -0.2) is 38.0 Å². The quantitative estimate of drug-likeness (QED) is 0.399. The molecule has 1 atom stereocenters. The summed E-state index contributed by atoms with van der Waals surface area (Å²) in [6.07, 6.45) is 2.75. The second-order valence-electron chi connectivity index (χ2n) is 8.33. The molecule has 194 valence electrons. The molecule has 0 N–H and O–H groups in total. The van der Waals surface area contributed by atoms with Crippen LogP contribution in [0.3, 0.4) is 0 Å². The largest absolute Gasteiger partial charge is 0.494 e. The van der Waals surface area contributed by atoms with Gasteiger partial charge < -0.3 is 18.9 Å². The van der Waals surface area contributed by atoms with Gasteiger partial charge in [0.15, 0.2) is 16.3 Å². The van der Waals surface area contributed by atoms with E-state index in [1.54, 1.807) is 44.8 Å². The Morgan fingerprint density at radius 1 is 1.08 bits per heavy atom. The van der Waals surface area contributed by atoms with E-state index in [9.17, 15) is 9.59 Å². The van der Waals surface area contributed by atoms with Crippen molar-refractivity contribution >= 4 is 23.4 Å². The lowest BCUT2D eigenvalue weighted by Gasteiger charge is -2.25. The first-order chi connectivity index (χ1) is 17.9. The zero-order valence-corrected chi connectivity index (χ0v) is 22.4. The molecule has 9 heteroatoms. The Kier molecular flexibility index (Phi) is 8.13. The lowest BCUT2D eigenvalue weighted by Crippen LogP contribution is -2.39. The second-order valence-corrected chi connectivity index (χ2v) is 9.34. The van der Waals surface area contributed by atoms with E-state index in [0.29, 0.717) is 44.3 Å². The molecule has 0 spiro atoms. The first kappa shape index (κ1) is 26.2. The van der Waals surface area contributed by atoms with E-state index < -0.39 is 12.0 Å². The highest BCUT2D eigenvalue weighted by Gasteiger charge is 2.33. The van der Waals surface area contributed by atoms with Crippen LogP contribution in [-0.2, 0) is 9.53 Å². The lowest BCUT2D eigenvalue weighted by molar-refractivity contribution is -0.139. The molecule has 0 radical (unpaired) electrons. The minimum absolute atomic E-state index is 0.205. The summed E-state index contributed by atoms with van der Waals surface area (Å²) in [6, 6.07) is 12.2. The summed E-state index contributed by atoms with van der Waals surface area (Å²) in [6.45, 7) is 6.41. The van der Waals surface area contributed by atoms with Crippen molar-refractivity contribution < 1.29 is 23.7 Å². The number of benzene rings is 2. The zero-order valence-electron chi connectivity index (χ0n) is 21.6. The van der Waals surface area contributed by atoms with Crippen molar-refractivity contribution in [3.8, 4) is 17.2 Å². The summed E-state index contributed by atoms with van der Waals surface area (Å²) in [7, 11) is 3.09. The number of rotatable bonds is 9. The predicted molar refractivity (Wildman–Crippen MR) is 142 cm³/mol. The molecule has 0 fully saturated rings. The van der Waals surface area contributed by atoms with Gasteiger partial charge in [0.2, 0.25) is 0 Å². The minimum Gasteiger partial charge on any atom is -0.494 e. The number of methoxy groups -OCH3 is 2. The standard InChI is InChI=1S/C28H30N2O6S/c1-6-14-36-20-11-8-18(9-12-20)15-23-26(31)30-25(19-10-13-21(33-4)22(16-19)34-5)24(27(32)35-7-2)17(3)29-28(30)37-23/h8-13,15-16,25H,6-7,14H2,1-5H3/b23-15-/t25-/m0/s1. The smallest absolute Gasteiger partial charge is 0.338 e. The Labute approximate surface area is 219 Å². The van der Waals surface area contributed by atoms with Gasteiger partial charge in [-0.2, -0.15) is 0 Å². The molecule has 3 aromatic rings. The molecule has 1 aliphatic heterocycles. The van der Waals surface area contributed by atoms with Crippen molar-refractivity contribution in [2.45, 2.75) is 33.2 Å². The molecule has 2 aromatic carbocycles. The van der Waals surface area contributed by atoms with Gasteiger partial charge in [-0.3, -0.25) is 9.36 Å². The van der Waals surface area contributed by atoms with Gasteiger partial charge in [0.05, 0.1) is 49.3 Å². The number of hydrogen-bond donors (Lipinski definition) is 0. The summed E-state index contributed by atoms with van der Waals surface area (Å²) in [4.78, 5) is 31.9. The van der Waals surface area contributed by atoms with Crippen molar-refractivity contribution in [1.82, 2.24) is 4.57 Å². The van der Waals surface area contributed by atoms with Gasteiger partial charge in [-0.05, 0) is 61.7 Å². The maximum atomic E-state index is 13.7. The number of ether oxygens (including phenoxy) is 4. The molecular weight excluding hydrogens is 492 g/mol. The first-order valence-electron chi connectivity index (χ1n) is 12.1. The molecule has 0 bridgehead atoms. The van der Waals surface area contributed by atoms with E-state index >= 15 is 0 Å². The van der Waals surface area contributed by atoms with Crippen molar-refractivity contribution in [2.75, 3.05) is 27.4 Å². The maximum Gasteiger partial charge on any atom is 0.338 e. The third-order valence-electron chi connectivity index (χ3n) is 5.89. The Morgan fingerprint density at radius 3 is 2.46 bits per heavy atom. The van der Waals surface area contributed by atoms with Crippen LogP contribution >= 0.6 is 11.3 Å². The Balaban J connectivity index is 1.87. The number of nitrogens with zero attached hydrogens (tertiary/aromatic N) is 2. The zero-order chi connectivity index (χ0) is 26.5. The number of aromatic nitrogens is 1. The van der Waals surface area contributed by atoms with Crippen molar-refractivity contribution in [1.29, 1.82) is 0 Å². The van der Waals surface area contributed by atoms with Gasteiger partial charge in [-0.1, -0.05) is 36.5 Å². The topological polar surface area (TPSA) is 88.3 Å². The van der Waals surface area contributed by atoms with Crippen molar-refractivity contribution in [3.05, 3.63) is 84.5 Å². The van der Waals surface area contributed by atoms with Gasteiger partial charge in [0.1, 0.15) is 5.75 Å². The highest BCUT2D eigenvalue weighted by Crippen LogP contribution is 2.36. The lowest BCUT2D eigenvalue weighted by atomic mass is 9.95. The molecule has 0 saturated carbocycles. The molecule has 0 saturated heterocycles. The molecule has 8 nitrogen and oxygen atoms in total. The molecule has 4 rings (SSSR count). The number of allylic oxidation sites excluding steroid dienone is 1. The third-order valence-corrected chi connectivity index (χ3v) is 6.87. The molecule has 0 unspecified atom stereocenters. The molecule has 1 aromatic heterocycles. The van der Waals surface area contributed by atoms with Crippen molar-refractivity contribution in [3.63, 3.8) is 0 Å². The number of hydrogen-bond acceptors (Lipinski definition) is 8. The van der Waals surface area contributed by atoms with Crippen LogP contribution in [0.25, 0.3) is 6.08 Å². The van der Waals surface area contributed by atoms with Crippen LogP contribution in [0, 0.1) is 0 Å². The average Bonchev–Trinajstić information content (AvgIpc) is 3.21. The van der Waals surface area contributed by atoms with Crippen LogP contribution in [0.1, 0.15) is 44.4 Å². The van der Waals surface area contributed by atoms with E-state index in [4.69, 9.17) is 18.9 Å². The van der Waals surface area contributed by atoms with E-state index in [1.165, 1.54) is 11.3 Å². The van der Waals surface area contributed by atoms with Gasteiger partial charge in [0.25, 0.3) is 5.56 Å². The van der Waals surface area contributed by atoms with E-state index in [2.05, 4.69) is 11.9 Å². The molecule has 37 heavy (non-hydrogen) atoms. The second kappa shape index (κ2) is 11.5. The van der Waals surface area contributed by atoms with E-state index in [1.807, 2.05) is 36.4 Å². The van der Waals surface area contributed by atoms with E-state index in [0.717, 1.165) is 17.7 Å². The number of carbonyl (C=O) groups is 1. The predicted octanol–water partition coefficient (Wildman–Crippen LogP) is 3.60. The Bertz CT molecular complexity index is 1500. The first-order valence-corrected chi connectivity index (χ1v) is 12.9. The maximum absolute atomic E-state index is 13.7. The van der Waals surface area contributed by atoms with Crippen LogP contribution in [0.2, 0.25) is 0 Å². The van der Waals surface area contributed by atoms with Crippen LogP contribution in [0.4, 0.5) is 0 Å². The minimum atomic E-state index is -0.734. The highest BCUT2D eigenvalue weighted by atomic mass is 32.1. The van der Waals surface area contributed by atoms with E-state index in [-0.39, 0.29) is 12.2 Å². The third kappa shape index (κ3) is 5.32. The fourth-order valence-corrected chi connectivity index (χ4v) is 5.21. The molecule has 1 aliphatic rings.